The molecule has 0 unspecified atom stereocenters. The average molecular weight is 325 g/mol. The number of rotatable bonds is 4. The lowest BCUT2D eigenvalue weighted by Crippen LogP contribution is -1.93. The maximum Gasteiger partial charge on any atom is 0.128 e. The highest BCUT2D eigenvalue weighted by atomic mass is 32.1. The number of benzene rings is 2. The number of aromatic nitrogens is 1. The minimum atomic E-state index is 0.193. The predicted octanol–water partition coefficient (Wildman–Crippen LogP) is 5.06. The first kappa shape index (κ1) is 15.6. The van der Waals surface area contributed by atoms with Gasteiger partial charge in [0.2, 0.25) is 0 Å². The fourth-order valence-corrected chi connectivity index (χ4v) is 3.35. The van der Waals surface area contributed by atoms with Crippen LogP contribution in [0.15, 0.2) is 41.8 Å². The number of hydrogen-bond donors (Lipinski definition) is 1. The monoisotopic (exact) mass is 325 g/mol. The lowest BCUT2D eigenvalue weighted by atomic mass is 9.98. The summed E-state index contributed by atoms with van der Waals surface area (Å²) in [5.74, 6) is 0.902. The zero-order valence-corrected chi connectivity index (χ0v) is 14.3. The predicted molar refractivity (Wildman–Crippen MR) is 95.3 cm³/mol. The summed E-state index contributed by atoms with van der Waals surface area (Å²) in [5, 5.41) is 12.4. The smallest absolute Gasteiger partial charge is 0.128 e. The van der Waals surface area contributed by atoms with E-state index in [4.69, 9.17) is 4.74 Å². The zero-order valence-electron chi connectivity index (χ0n) is 13.5. The standard InChI is InChI=1S/C19H19NO2S/c1-4-13-9-15(17(21)10-18(13)22-3)19-16(11-23-20-19)14-7-5-12(2)6-8-14/h5-11,21H,4H2,1-3H3. The van der Waals surface area contributed by atoms with Crippen molar-refractivity contribution < 1.29 is 9.84 Å². The van der Waals surface area contributed by atoms with Crippen LogP contribution in [0.5, 0.6) is 11.5 Å². The van der Waals surface area contributed by atoms with E-state index in [1.54, 1.807) is 13.2 Å². The molecule has 1 N–H and O–H groups in total. The van der Waals surface area contributed by atoms with E-state index in [0.717, 1.165) is 34.4 Å². The Hall–Kier alpha value is -2.33. The summed E-state index contributed by atoms with van der Waals surface area (Å²) in [7, 11) is 1.62. The van der Waals surface area contributed by atoms with Crippen molar-refractivity contribution in [1.82, 2.24) is 4.37 Å². The highest BCUT2D eigenvalue weighted by Gasteiger charge is 2.17. The van der Waals surface area contributed by atoms with E-state index < -0.39 is 0 Å². The molecule has 0 aliphatic rings. The van der Waals surface area contributed by atoms with E-state index in [1.165, 1.54) is 17.1 Å². The Bertz CT molecular complexity index is 822. The summed E-state index contributed by atoms with van der Waals surface area (Å²) < 4.78 is 9.86. The number of phenols is 1. The molecule has 0 fully saturated rings. The molecule has 3 aromatic rings. The van der Waals surface area contributed by atoms with Gasteiger partial charge in [0, 0.05) is 22.6 Å². The van der Waals surface area contributed by atoms with Gasteiger partial charge in [0.1, 0.15) is 11.5 Å². The van der Waals surface area contributed by atoms with Crippen LogP contribution in [-0.4, -0.2) is 16.6 Å². The van der Waals surface area contributed by atoms with Crippen molar-refractivity contribution in [2.45, 2.75) is 20.3 Å². The second-order valence-electron chi connectivity index (χ2n) is 5.48. The summed E-state index contributed by atoms with van der Waals surface area (Å²) in [5.41, 5.74) is 5.99. The minimum Gasteiger partial charge on any atom is -0.507 e. The van der Waals surface area contributed by atoms with E-state index in [-0.39, 0.29) is 5.75 Å². The quantitative estimate of drug-likeness (QED) is 0.729. The Morgan fingerprint density at radius 3 is 2.52 bits per heavy atom. The molecule has 3 nitrogen and oxygen atoms in total. The topological polar surface area (TPSA) is 42.4 Å². The van der Waals surface area contributed by atoms with Crippen LogP contribution in [0.1, 0.15) is 18.1 Å². The fourth-order valence-electron chi connectivity index (χ4n) is 2.64. The Morgan fingerprint density at radius 2 is 1.87 bits per heavy atom. The highest BCUT2D eigenvalue weighted by molar-refractivity contribution is 7.04. The first-order valence-corrected chi connectivity index (χ1v) is 8.39. The molecule has 0 bridgehead atoms. The Kier molecular flexibility index (Phi) is 4.35. The summed E-state index contributed by atoms with van der Waals surface area (Å²) in [6.45, 7) is 4.14. The molecule has 0 saturated carbocycles. The lowest BCUT2D eigenvalue weighted by molar-refractivity contribution is 0.403. The summed E-state index contributed by atoms with van der Waals surface area (Å²) in [4.78, 5) is 0. The number of methoxy groups -OCH3 is 1. The number of phenolic OH excluding ortho intramolecular Hbond substituents is 1. The van der Waals surface area contributed by atoms with Gasteiger partial charge in [-0.25, -0.2) is 0 Å². The van der Waals surface area contributed by atoms with Crippen molar-refractivity contribution in [3.63, 3.8) is 0 Å². The van der Waals surface area contributed by atoms with Gasteiger partial charge in [-0.2, -0.15) is 4.37 Å². The summed E-state index contributed by atoms with van der Waals surface area (Å²) >= 11 is 1.40. The van der Waals surface area contributed by atoms with E-state index in [1.807, 2.05) is 11.4 Å². The van der Waals surface area contributed by atoms with Crippen LogP contribution in [-0.2, 0) is 6.42 Å². The van der Waals surface area contributed by atoms with Crippen molar-refractivity contribution in [2.24, 2.45) is 0 Å². The van der Waals surface area contributed by atoms with Gasteiger partial charge in [-0.05, 0) is 42.1 Å². The van der Waals surface area contributed by atoms with Gasteiger partial charge in [-0.15, -0.1) is 0 Å². The molecule has 0 radical (unpaired) electrons. The third-order valence-electron chi connectivity index (χ3n) is 3.97. The maximum atomic E-state index is 10.4. The van der Waals surface area contributed by atoms with Crippen LogP contribution in [0.2, 0.25) is 0 Å². The van der Waals surface area contributed by atoms with Crippen LogP contribution >= 0.6 is 11.5 Å². The van der Waals surface area contributed by atoms with Crippen LogP contribution < -0.4 is 4.74 Å². The lowest BCUT2D eigenvalue weighted by Gasteiger charge is -2.12. The molecule has 3 rings (SSSR count). The molecule has 0 aliphatic heterocycles. The van der Waals surface area contributed by atoms with Gasteiger partial charge in [-0.1, -0.05) is 36.8 Å². The van der Waals surface area contributed by atoms with Crippen molar-refractivity contribution in [1.29, 1.82) is 0 Å². The number of ether oxygens (including phenoxy) is 1. The van der Waals surface area contributed by atoms with Crippen LogP contribution in [0, 0.1) is 6.92 Å². The largest absolute Gasteiger partial charge is 0.507 e. The Balaban J connectivity index is 2.13. The Labute approximate surface area is 140 Å². The van der Waals surface area contributed by atoms with Crippen molar-refractivity contribution >= 4 is 11.5 Å². The van der Waals surface area contributed by atoms with Gasteiger partial charge in [0.15, 0.2) is 0 Å². The first-order chi connectivity index (χ1) is 11.1. The Morgan fingerprint density at radius 1 is 1.13 bits per heavy atom. The van der Waals surface area contributed by atoms with Gasteiger partial charge in [0.25, 0.3) is 0 Å². The second kappa shape index (κ2) is 6.42. The van der Waals surface area contributed by atoms with Gasteiger partial charge in [0.05, 0.1) is 12.8 Å². The fraction of sp³-hybridized carbons (Fsp3) is 0.211. The average Bonchev–Trinajstić information content (AvgIpc) is 3.04. The van der Waals surface area contributed by atoms with Crippen molar-refractivity contribution in [3.8, 4) is 33.9 Å². The van der Waals surface area contributed by atoms with Gasteiger partial charge in [-0.3, -0.25) is 0 Å². The number of aromatic hydroxyl groups is 1. The summed E-state index contributed by atoms with van der Waals surface area (Å²) in [6.07, 6.45) is 0.834. The molecular formula is C19H19NO2S. The molecule has 4 heteroatoms. The number of hydrogen-bond acceptors (Lipinski definition) is 4. The molecule has 1 heterocycles. The molecule has 0 aliphatic carbocycles. The summed E-state index contributed by atoms with van der Waals surface area (Å²) in [6, 6.07) is 12.0. The van der Waals surface area contributed by atoms with Crippen LogP contribution in [0.3, 0.4) is 0 Å². The molecule has 0 atom stereocenters. The van der Waals surface area contributed by atoms with Gasteiger partial charge < -0.3 is 9.84 Å². The molecular weight excluding hydrogens is 306 g/mol. The molecule has 2 aromatic carbocycles. The van der Waals surface area contributed by atoms with Crippen LogP contribution in [0.25, 0.3) is 22.4 Å². The van der Waals surface area contributed by atoms with Crippen LogP contribution in [0.4, 0.5) is 0 Å². The van der Waals surface area contributed by atoms with E-state index >= 15 is 0 Å². The molecule has 118 valence electrons. The zero-order chi connectivity index (χ0) is 16.4. The minimum absolute atomic E-state index is 0.193. The molecule has 1 aromatic heterocycles. The molecule has 0 amide bonds. The van der Waals surface area contributed by atoms with E-state index in [9.17, 15) is 5.11 Å². The third-order valence-corrected chi connectivity index (χ3v) is 4.60. The molecule has 0 spiro atoms. The van der Waals surface area contributed by atoms with Crippen molar-refractivity contribution in [2.75, 3.05) is 7.11 Å². The van der Waals surface area contributed by atoms with E-state index in [2.05, 4.69) is 42.5 Å². The normalized spacial score (nSPS) is 10.7. The number of aryl methyl sites for hydroxylation is 2. The first-order valence-electron chi connectivity index (χ1n) is 7.55. The highest BCUT2D eigenvalue weighted by Crippen LogP contribution is 2.40. The second-order valence-corrected chi connectivity index (χ2v) is 6.11. The third kappa shape index (κ3) is 2.94. The SMILES string of the molecule is CCc1cc(-c2nscc2-c2ccc(C)cc2)c(O)cc1OC. The van der Waals surface area contributed by atoms with E-state index in [0.29, 0.717) is 5.75 Å². The maximum absolute atomic E-state index is 10.4. The van der Waals surface area contributed by atoms with Gasteiger partial charge >= 0.3 is 0 Å². The molecule has 23 heavy (non-hydrogen) atoms. The molecule has 0 saturated heterocycles. The van der Waals surface area contributed by atoms with Crippen molar-refractivity contribution in [3.05, 3.63) is 52.9 Å². The number of nitrogens with zero attached hydrogens (tertiary/aromatic N) is 1.